The lowest BCUT2D eigenvalue weighted by atomic mass is 9.96. The highest BCUT2D eigenvalue weighted by Gasteiger charge is 2.41. The predicted molar refractivity (Wildman–Crippen MR) is 122 cm³/mol. The Morgan fingerprint density at radius 1 is 1.23 bits per heavy atom. The number of aromatic nitrogens is 3. The van der Waals surface area contributed by atoms with E-state index in [4.69, 9.17) is 17.0 Å². The number of pyridine rings is 2. The number of ether oxygens (including phenoxy) is 1. The minimum Gasteiger partial charge on any atom is -0.469 e. The SMILES string of the molecule is COC(=O)CCN1C(=S)NC(c2ccccn2)C1c1cc(C)n(-c2cccnc2)c1C. The average molecular weight is 436 g/mol. The van der Waals surface area contributed by atoms with Gasteiger partial charge < -0.3 is 19.5 Å². The number of aryl methyl sites for hydroxylation is 1. The fraction of sp³-hybridized carbons (Fsp3) is 0.304. The van der Waals surface area contributed by atoms with Gasteiger partial charge in [-0.25, -0.2) is 0 Å². The molecule has 0 aliphatic carbocycles. The number of hydrogen-bond acceptors (Lipinski definition) is 5. The number of esters is 1. The number of nitrogens with zero attached hydrogens (tertiary/aromatic N) is 4. The first-order valence-corrected chi connectivity index (χ1v) is 10.6. The number of carbonyl (C=O) groups is 1. The quantitative estimate of drug-likeness (QED) is 0.470. The van der Waals surface area contributed by atoms with Gasteiger partial charge in [-0.2, -0.15) is 0 Å². The van der Waals surface area contributed by atoms with Gasteiger partial charge in [-0.1, -0.05) is 6.07 Å². The van der Waals surface area contributed by atoms with E-state index in [1.54, 1.807) is 12.4 Å². The molecule has 1 aliphatic heterocycles. The number of nitrogens with one attached hydrogen (secondary N) is 1. The second kappa shape index (κ2) is 8.85. The monoisotopic (exact) mass is 435 g/mol. The Morgan fingerprint density at radius 2 is 2.06 bits per heavy atom. The average Bonchev–Trinajstić information content (AvgIpc) is 3.28. The second-order valence-corrected chi connectivity index (χ2v) is 7.91. The zero-order chi connectivity index (χ0) is 22.0. The van der Waals surface area contributed by atoms with Crippen molar-refractivity contribution in [3.8, 4) is 5.69 Å². The van der Waals surface area contributed by atoms with Crippen LogP contribution in [-0.2, 0) is 9.53 Å². The highest BCUT2D eigenvalue weighted by atomic mass is 32.1. The first-order valence-electron chi connectivity index (χ1n) is 10.2. The van der Waals surface area contributed by atoms with Crippen molar-refractivity contribution in [3.63, 3.8) is 0 Å². The largest absolute Gasteiger partial charge is 0.469 e. The molecule has 7 nitrogen and oxygen atoms in total. The third kappa shape index (κ3) is 4.03. The van der Waals surface area contributed by atoms with Crippen LogP contribution >= 0.6 is 12.2 Å². The van der Waals surface area contributed by atoms with E-state index in [0.29, 0.717) is 11.7 Å². The molecule has 8 heteroatoms. The molecule has 0 saturated carbocycles. The third-order valence-electron chi connectivity index (χ3n) is 5.68. The first kappa shape index (κ1) is 21.0. The summed E-state index contributed by atoms with van der Waals surface area (Å²) in [6.45, 7) is 4.65. The molecule has 0 bridgehead atoms. The summed E-state index contributed by atoms with van der Waals surface area (Å²) in [5.41, 5.74) is 5.25. The van der Waals surface area contributed by atoms with Gasteiger partial charge in [0.05, 0.1) is 43.2 Å². The Kier molecular flexibility index (Phi) is 5.99. The van der Waals surface area contributed by atoms with Crippen LogP contribution in [0.3, 0.4) is 0 Å². The fourth-order valence-corrected chi connectivity index (χ4v) is 4.60. The van der Waals surface area contributed by atoms with Gasteiger partial charge in [0.15, 0.2) is 5.11 Å². The van der Waals surface area contributed by atoms with E-state index in [1.165, 1.54) is 7.11 Å². The van der Waals surface area contributed by atoms with Gasteiger partial charge in [-0.3, -0.25) is 14.8 Å². The van der Waals surface area contributed by atoms with E-state index in [-0.39, 0.29) is 24.5 Å². The van der Waals surface area contributed by atoms with Crippen molar-refractivity contribution in [1.29, 1.82) is 0 Å². The van der Waals surface area contributed by atoms with Crippen molar-refractivity contribution >= 4 is 23.3 Å². The minimum atomic E-state index is -0.260. The van der Waals surface area contributed by atoms with Gasteiger partial charge in [0.25, 0.3) is 0 Å². The van der Waals surface area contributed by atoms with Crippen molar-refractivity contribution in [2.24, 2.45) is 0 Å². The highest BCUT2D eigenvalue weighted by molar-refractivity contribution is 7.80. The molecule has 0 aromatic carbocycles. The Hall–Kier alpha value is -3.26. The molecule has 0 spiro atoms. The molecule has 160 valence electrons. The maximum atomic E-state index is 11.8. The van der Waals surface area contributed by atoms with E-state index in [2.05, 4.69) is 44.7 Å². The predicted octanol–water partition coefficient (Wildman–Crippen LogP) is 3.42. The molecule has 3 aromatic rings. The lowest BCUT2D eigenvalue weighted by Crippen LogP contribution is -2.32. The summed E-state index contributed by atoms with van der Waals surface area (Å²) in [6, 6.07) is 11.8. The van der Waals surface area contributed by atoms with Crippen LogP contribution in [0.25, 0.3) is 5.69 Å². The van der Waals surface area contributed by atoms with Crippen LogP contribution in [0.15, 0.2) is 55.0 Å². The molecular weight excluding hydrogens is 410 g/mol. The Bertz CT molecular complexity index is 1080. The Labute approximate surface area is 187 Å². The lowest BCUT2D eigenvalue weighted by molar-refractivity contribution is -0.140. The van der Waals surface area contributed by atoms with Gasteiger partial charge in [-0.05, 0) is 62.0 Å². The first-order chi connectivity index (χ1) is 15.0. The van der Waals surface area contributed by atoms with E-state index in [1.807, 2.05) is 36.5 Å². The zero-order valence-electron chi connectivity index (χ0n) is 17.8. The van der Waals surface area contributed by atoms with Gasteiger partial charge in [0.1, 0.15) is 0 Å². The Morgan fingerprint density at radius 3 is 2.74 bits per heavy atom. The molecule has 4 heterocycles. The molecule has 1 saturated heterocycles. The molecule has 0 radical (unpaired) electrons. The molecule has 4 rings (SSSR count). The van der Waals surface area contributed by atoms with Gasteiger partial charge in [-0.15, -0.1) is 0 Å². The van der Waals surface area contributed by atoms with Crippen LogP contribution in [-0.4, -0.2) is 44.2 Å². The molecular formula is C23H25N5O2S. The van der Waals surface area contributed by atoms with Crippen LogP contribution in [0, 0.1) is 13.8 Å². The number of carbonyl (C=O) groups excluding carboxylic acids is 1. The molecule has 2 unspecified atom stereocenters. The maximum Gasteiger partial charge on any atom is 0.307 e. The van der Waals surface area contributed by atoms with Crippen molar-refractivity contribution in [2.75, 3.05) is 13.7 Å². The van der Waals surface area contributed by atoms with Crippen LogP contribution in [0.5, 0.6) is 0 Å². The Balaban J connectivity index is 1.79. The maximum absolute atomic E-state index is 11.8. The summed E-state index contributed by atoms with van der Waals surface area (Å²) in [6.07, 6.45) is 5.66. The number of methoxy groups -OCH3 is 1. The van der Waals surface area contributed by atoms with Crippen molar-refractivity contribution in [1.82, 2.24) is 24.8 Å². The van der Waals surface area contributed by atoms with E-state index in [9.17, 15) is 4.79 Å². The van der Waals surface area contributed by atoms with E-state index >= 15 is 0 Å². The molecule has 1 aliphatic rings. The van der Waals surface area contributed by atoms with Crippen molar-refractivity contribution in [3.05, 3.63) is 77.6 Å². The number of rotatable bonds is 6. The van der Waals surface area contributed by atoms with E-state index in [0.717, 1.165) is 28.3 Å². The number of hydrogen-bond donors (Lipinski definition) is 1. The fourth-order valence-electron chi connectivity index (χ4n) is 4.27. The minimum absolute atomic E-state index is 0.108. The van der Waals surface area contributed by atoms with Crippen LogP contribution < -0.4 is 5.32 Å². The third-order valence-corrected chi connectivity index (χ3v) is 6.03. The van der Waals surface area contributed by atoms with E-state index < -0.39 is 0 Å². The summed E-state index contributed by atoms with van der Waals surface area (Å²) in [5.74, 6) is -0.260. The summed E-state index contributed by atoms with van der Waals surface area (Å²) in [5, 5.41) is 4.03. The van der Waals surface area contributed by atoms with Crippen LogP contribution in [0.4, 0.5) is 0 Å². The topological polar surface area (TPSA) is 72.3 Å². The van der Waals surface area contributed by atoms with Crippen LogP contribution in [0.2, 0.25) is 0 Å². The lowest BCUT2D eigenvalue weighted by Gasteiger charge is -2.28. The van der Waals surface area contributed by atoms with Gasteiger partial charge >= 0.3 is 5.97 Å². The second-order valence-electron chi connectivity index (χ2n) is 7.52. The van der Waals surface area contributed by atoms with Gasteiger partial charge in [0.2, 0.25) is 0 Å². The molecule has 1 N–H and O–H groups in total. The normalized spacial score (nSPS) is 18.2. The summed E-state index contributed by atoms with van der Waals surface area (Å²) >= 11 is 5.68. The standard InChI is InChI=1S/C23H25N5O2S/c1-15-13-18(16(2)28(15)17-7-6-10-24-14-17)22-21(19-8-4-5-11-25-19)26-23(31)27(22)12-9-20(29)30-3/h4-8,10-11,13-14,21-22H,9,12H2,1-3H3,(H,26,31). The molecule has 2 atom stereocenters. The number of thiocarbonyl (C=S) groups is 1. The smallest absolute Gasteiger partial charge is 0.307 e. The van der Waals surface area contributed by atoms with Gasteiger partial charge in [0, 0.05) is 30.3 Å². The highest BCUT2D eigenvalue weighted by Crippen LogP contribution is 2.41. The molecule has 31 heavy (non-hydrogen) atoms. The van der Waals surface area contributed by atoms with Crippen molar-refractivity contribution < 1.29 is 9.53 Å². The zero-order valence-corrected chi connectivity index (χ0v) is 18.6. The summed E-state index contributed by atoms with van der Waals surface area (Å²) in [4.78, 5) is 22.8. The molecule has 3 aromatic heterocycles. The summed E-state index contributed by atoms with van der Waals surface area (Å²) in [7, 11) is 1.40. The molecule has 1 fully saturated rings. The van der Waals surface area contributed by atoms with Crippen LogP contribution in [0.1, 0.15) is 41.1 Å². The molecule has 0 amide bonds. The van der Waals surface area contributed by atoms with Crippen molar-refractivity contribution in [2.45, 2.75) is 32.4 Å². The summed E-state index contributed by atoms with van der Waals surface area (Å²) < 4.78 is 7.04.